The fourth-order valence-corrected chi connectivity index (χ4v) is 2.73. The van der Waals surface area contributed by atoms with Crippen molar-refractivity contribution in [3.8, 4) is 5.88 Å². The Morgan fingerprint density at radius 3 is 2.62 bits per heavy atom. The van der Waals surface area contributed by atoms with Gasteiger partial charge in [-0.25, -0.2) is 4.98 Å². The molecule has 2 aromatic rings. The second-order valence-corrected chi connectivity index (χ2v) is 6.58. The number of alkyl halides is 3. The van der Waals surface area contributed by atoms with E-state index in [2.05, 4.69) is 15.3 Å². The largest absolute Gasteiger partial charge is 0.481 e. The number of pyridine rings is 1. The molecule has 7 nitrogen and oxygen atoms in total. The number of anilines is 1. The van der Waals surface area contributed by atoms with Crippen LogP contribution in [0.4, 0.5) is 19.1 Å². The first-order valence-electron chi connectivity index (χ1n) is 8.14. The van der Waals surface area contributed by atoms with Crippen LogP contribution in [0.1, 0.15) is 38.6 Å². The number of hydrogen-bond acceptors (Lipinski definition) is 5. The second kappa shape index (κ2) is 6.42. The SMILES string of the molecule is COc1ccc2nc(NC(=O)CC(C)(O)C(F)(F)F)n(C3CCC3)c2n1. The van der Waals surface area contributed by atoms with Gasteiger partial charge in [-0.1, -0.05) is 0 Å². The summed E-state index contributed by atoms with van der Waals surface area (Å²) in [6, 6.07) is 3.33. The number of methoxy groups -OCH3 is 1. The number of nitrogens with zero attached hydrogens (tertiary/aromatic N) is 3. The minimum atomic E-state index is -4.91. The van der Waals surface area contributed by atoms with Crippen LogP contribution in [-0.2, 0) is 4.79 Å². The maximum absolute atomic E-state index is 12.8. The molecule has 1 fully saturated rings. The molecule has 10 heteroatoms. The molecule has 1 atom stereocenters. The molecule has 0 aromatic carbocycles. The molecule has 0 radical (unpaired) electrons. The highest BCUT2D eigenvalue weighted by atomic mass is 19.4. The lowest BCUT2D eigenvalue weighted by Crippen LogP contribution is -2.45. The predicted molar refractivity (Wildman–Crippen MR) is 86.9 cm³/mol. The number of amides is 1. The van der Waals surface area contributed by atoms with Gasteiger partial charge in [0, 0.05) is 12.1 Å². The van der Waals surface area contributed by atoms with E-state index in [1.807, 2.05) is 0 Å². The Hall–Kier alpha value is -2.36. The van der Waals surface area contributed by atoms with Gasteiger partial charge >= 0.3 is 6.18 Å². The van der Waals surface area contributed by atoms with E-state index < -0.39 is 24.1 Å². The van der Waals surface area contributed by atoms with E-state index in [-0.39, 0.29) is 12.0 Å². The lowest BCUT2D eigenvalue weighted by atomic mass is 9.93. The number of carbonyl (C=O) groups is 1. The maximum Gasteiger partial charge on any atom is 0.417 e. The van der Waals surface area contributed by atoms with Crippen molar-refractivity contribution in [3.05, 3.63) is 12.1 Å². The van der Waals surface area contributed by atoms with E-state index in [1.54, 1.807) is 16.7 Å². The molecule has 1 amide bonds. The Balaban J connectivity index is 1.91. The number of ether oxygens (including phenoxy) is 1. The van der Waals surface area contributed by atoms with E-state index in [0.717, 1.165) is 19.3 Å². The van der Waals surface area contributed by atoms with E-state index in [1.165, 1.54) is 7.11 Å². The standard InChI is InChI=1S/C16H19F3N4O3/c1-15(25,16(17,18)19)8-11(24)21-14-20-10-6-7-12(26-2)22-13(10)23(14)9-4-3-5-9/h6-7,9,25H,3-5,8H2,1-2H3,(H,20,21,24). The number of aromatic nitrogens is 3. The molecule has 3 rings (SSSR count). The van der Waals surface area contributed by atoms with Crippen LogP contribution in [0.3, 0.4) is 0 Å². The van der Waals surface area contributed by atoms with Crippen LogP contribution in [-0.4, -0.2) is 44.4 Å². The van der Waals surface area contributed by atoms with Crippen LogP contribution in [0.2, 0.25) is 0 Å². The molecule has 0 spiro atoms. The van der Waals surface area contributed by atoms with Gasteiger partial charge in [-0.05, 0) is 32.3 Å². The quantitative estimate of drug-likeness (QED) is 0.843. The fourth-order valence-electron chi connectivity index (χ4n) is 2.73. The summed E-state index contributed by atoms with van der Waals surface area (Å²) in [4.78, 5) is 20.7. The molecule has 1 aliphatic carbocycles. The third-order valence-corrected chi connectivity index (χ3v) is 4.53. The summed E-state index contributed by atoms with van der Waals surface area (Å²) in [6.45, 7) is 0.563. The van der Waals surface area contributed by atoms with Gasteiger partial charge in [0.05, 0.1) is 13.5 Å². The number of nitrogens with one attached hydrogen (secondary N) is 1. The highest BCUT2D eigenvalue weighted by Crippen LogP contribution is 2.37. The third-order valence-electron chi connectivity index (χ3n) is 4.53. The first-order chi connectivity index (χ1) is 12.1. The average Bonchev–Trinajstić information content (AvgIpc) is 2.81. The zero-order chi connectivity index (χ0) is 19.1. The zero-order valence-corrected chi connectivity index (χ0v) is 14.3. The maximum atomic E-state index is 12.8. The Kier molecular flexibility index (Phi) is 4.55. The molecule has 1 saturated carbocycles. The highest BCUT2D eigenvalue weighted by molar-refractivity contribution is 5.91. The number of fused-ring (bicyclic) bond motifs is 1. The minimum absolute atomic E-state index is 0.0537. The molecule has 142 valence electrons. The summed E-state index contributed by atoms with van der Waals surface area (Å²) in [5, 5.41) is 11.9. The highest BCUT2D eigenvalue weighted by Gasteiger charge is 2.51. The Bertz CT molecular complexity index is 828. The van der Waals surface area contributed by atoms with Crippen LogP contribution in [0, 0.1) is 0 Å². The van der Waals surface area contributed by atoms with Crippen LogP contribution in [0.25, 0.3) is 11.2 Å². The van der Waals surface area contributed by atoms with E-state index in [0.29, 0.717) is 24.0 Å². The second-order valence-electron chi connectivity index (χ2n) is 6.58. The van der Waals surface area contributed by atoms with Crippen LogP contribution < -0.4 is 10.1 Å². The average molecular weight is 372 g/mol. The predicted octanol–water partition coefficient (Wildman–Crippen LogP) is 2.81. The lowest BCUT2D eigenvalue weighted by molar-refractivity contribution is -0.252. The number of halogens is 3. The smallest absolute Gasteiger partial charge is 0.417 e. The van der Waals surface area contributed by atoms with Crippen molar-refractivity contribution in [2.45, 2.75) is 50.4 Å². The first-order valence-corrected chi connectivity index (χ1v) is 8.14. The lowest BCUT2D eigenvalue weighted by Gasteiger charge is -2.29. The summed E-state index contributed by atoms with van der Waals surface area (Å²) >= 11 is 0. The number of rotatable bonds is 5. The minimum Gasteiger partial charge on any atom is -0.481 e. The number of carbonyl (C=O) groups excluding carboxylic acids is 1. The van der Waals surface area contributed by atoms with E-state index in [9.17, 15) is 23.1 Å². The van der Waals surface area contributed by atoms with Gasteiger partial charge in [-0.15, -0.1) is 0 Å². The molecule has 1 aliphatic rings. The molecule has 1 unspecified atom stereocenters. The monoisotopic (exact) mass is 372 g/mol. The van der Waals surface area contributed by atoms with Gasteiger partial charge in [0.15, 0.2) is 11.2 Å². The Labute approximate surface area is 147 Å². The first kappa shape index (κ1) is 18.4. The van der Waals surface area contributed by atoms with Gasteiger partial charge in [0.1, 0.15) is 5.52 Å². The van der Waals surface area contributed by atoms with E-state index in [4.69, 9.17) is 4.74 Å². The normalized spacial score (nSPS) is 17.6. The van der Waals surface area contributed by atoms with Gasteiger partial charge in [-0.3, -0.25) is 14.7 Å². The molecule has 26 heavy (non-hydrogen) atoms. The third kappa shape index (κ3) is 3.33. The summed E-state index contributed by atoms with van der Waals surface area (Å²) < 4.78 is 45.2. The Morgan fingerprint density at radius 1 is 1.38 bits per heavy atom. The molecule has 2 aromatic heterocycles. The Morgan fingerprint density at radius 2 is 2.08 bits per heavy atom. The summed E-state index contributed by atoms with van der Waals surface area (Å²) in [6.07, 6.45) is -3.32. The number of hydrogen-bond donors (Lipinski definition) is 2. The fraction of sp³-hybridized carbons (Fsp3) is 0.562. The van der Waals surface area contributed by atoms with Crippen molar-refractivity contribution in [2.75, 3.05) is 12.4 Å². The topological polar surface area (TPSA) is 89.3 Å². The van der Waals surface area contributed by atoms with Gasteiger partial charge in [0.2, 0.25) is 17.7 Å². The molecule has 2 heterocycles. The molecule has 0 aliphatic heterocycles. The van der Waals surface area contributed by atoms with Crippen molar-refractivity contribution >= 4 is 23.0 Å². The van der Waals surface area contributed by atoms with E-state index >= 15 is 0 Å². The van der Waals surface area contributed by atoms with Crippen molar-refractivity contribution < 1.29 is 27.8 Å². The molecular formula is C16H19F3N4O3. The van der Waals surface area contributed by atoms with Crippen molar-refractivity contribution in [1.29, 1.82) is 0 Å². The summed E-state index contributed by atoms with van der Waals surface area (Å²) in [5.74, 6) is -0.487. The molecule has 0 saturated heterocycles. The zero-order valence-electron chi connectivity index (χ0n) is 14.3. The van der Waals surface area contributed by atoms with Crippen molar-refractivity contribution in [2.24, 2.45) is 0 Å². The molecule has 2 N–H and O–H groups in total. The summed E-state index contributed by atoms with van der Waals surface area (Å²) in [5.41, 5.74) is -2.13. The number of aliphatic hydroxyl groups is 1. The van der Waals surface area contributed by atoms with Gasteiger partial charge in [-0.2, -0.15) is 18.2 Å². The van der Waals surface area contributed by atoms with Crippen molar-refractivity contribution in [1.82, 2.24) is 14.5 Å². The molecule has 0 bridgehead atoms. The van der Waals surface area contributed by atoms with Crippen LogP contribution in [0.15, 0.2) is 12.1 Å². The molecular weight excluding hydrogens is 353 g/mol. The summed E-state index contributed by atoms with van der Waals surface area (Å²) in [7, 11) is 1.47. The van der Waals surface area contributed by atoms with Crippen molar-refractivity contribution in [3.63, 3.8) is 0 Å². The van der Waals surface area contributed by atoms with Crippen LogP contribution in [0.5, 0.6) is 5.88 Å². The van der Waals surface area contributed by atoms with Crippen LogP contribution >= 0.6 is 0 Å². The number of imidazole rings is 1. The van der Waals surface area contributed by atoms with Gasteiger partial charge < -0.3 is 9.84 Å². The van der Waals surface area contributed by atoms with Gasteiger partial charge in [0.25, 0.3) is 0 Å².